The molecule has 7 nitrogen and oxygen atoms in total. The highest BCUT2D eigenvalue weighted by atomic mass is 16.5. The van der Waals surface area contributed by atoms with Gasteiger partial charge in [0, 0.05) is 82.7 Å². The maximum absolute atomic E-state index is 13.6. The first kappa shape index (κ1) is 29.1. The monoisotopic (exact) mass is 642 g/mol. The summed E-state index contributed by atoms with van der Waals surface area (Å²) in [5, 5.41) is 5.26. The number of para-hydroxylation sites is 1. The standard InChI is InChI=1S/C41H46N4O3/c1-5-39-14-9-17-43-19-13-26-25-11-7-8-12-31(25)45(34(26)36(39)43)32(24-39)27-21-29-30(22-33(27)47-3)42-35-28(37(46)48-4)23-40(6-2)15-10-18-44-20-16-41(29,35)38(40)44/h7-12,14-15,21-22,32,36,38,42H,5-6,13,16-20,23-24H2,1-4H3. The van der Waals surface area contributed by atoms with E-state index in [1.807, 2.05) is 7.11 Å². The molecule has 7 heteroatoms. The van der Waals surface area contributed by atoms with Gasteiger partial charge in [-0.3, -0.25) is 9.80 Å². The van der Waals surface area contributed by atoms with Crippen molar-refractivity contribution < 1.29 is 14.3 Å². The van der Waals surface area contributed by atoms with Crippen molar-refractivity contribution in [1.29, 1.82) is 0 Å². The van der Waals surface area contributed by atoms with Crippen LogP contribution in [0.2, 0.25) is 0 Å². The summed E-state index contributed by atoms with van der Waals surface area (Å²) in [6, 6.07) is 14.7. The maximum Gasteiger partial charge on any atom is 0.335 e. The number of esters is 1. The van der Waals surface area contributed by atoms with Gasteiger partial charge in [0.25, 0.3) is 0 Å². The van der Waals surface area contributed by atoms with Crippen LogP contribution in [0.5, 0.6) is 5.75 Å². The van der Waals surface area contributed by atoms with E-state index in [1.165, 1.54) is 34.8 Å². The smallest absolute Gasteiger partial charge is 0.335 e. The minimum absolute atomic E-state index is 0.0483. The van der Waals surface area contributed by atoms with E-state index >= 15 is 0 Å². The molecular weight excluding hydrogens is 596 g/mol. The lowest BCUT2D eigenvalue weighted by atomic mass is 9.55. The van der Waals surface area contributed by atoms with Crippen molar-refractivity contribution >= 4 is 22.6 Å². The van der Waals surface area contributed by atoms with Crippen molar-refractivity contribution in [3.63, 3.8) is 0 Å². The third-order valence-corrected chi connectivity index (χ3v) is 14.0. The molecule has 2 aromatic carbocycles. The van der Waals surface area contributed by atoms with Crippen LogP contribution in [0.4, 0.5) is 5.69 Å². The number of fused-ring (bicyclic) bond motifs is 4. The molecule has 7 aliphatic rings. The fourth-order valence-electron chi connectivity index (χ4n) is 12.0. The molecule has 10 rings (SSSR count). The SMILES string of the molecule is CCC12C=CCN3CCc4c(n(c5ccccc45)C(c4cc5c(cc4OC)NC4=C(C(=O)OC)CC6(CC)C=CCN7CCC45C76)C1)C32. The highest BCUT2D eigenvalue weighted by molar-refractivity contribution is 5.93. The van der Waals surface area contributed by atoms with Crippen LogP contribution in [0, 0.1) is 10.8 Å². The van der Waals surface area contributed by atoms with Crippen molar-refractivity contribution in [3.05, 3.63) is 94.4 Å². The lowest BCUT2D eigenvalue weighted by Gasteiger charge is -2.55. The molecule has 1 N–H and O–H groups in total. The molecule has 1 fully saturated rings. The molecule has 0 amide bonds. The molecule has 1 spiro atoms. The van der Waals surface area contributed by atoms with Gasteiger partial charge in [0.2, 0.25) is 0 Å². The molecule has 6 aliphatic heterocycles. The molecule has 1 aromatic heterocycles. The van der Waals surface area contributed by atoms with Crippen LogP contribution >= 0.6 is 0 Å². The molecular formula is C41H46N4O3. The first-order chi connectivity index (χ1) is 23.4. The van der Waals surface area contributed by atoms with Gasteiger partial charge in [0.15, 0.2) is 0 Å². The number of nitrogens with zero attached hydrogens (tertiary/aromatic N) is 3. The Bertz CT molecular complexity index is 2010. The van der Waals surface area contributed by atoms with E-state index in [4.69, 9.17) is 9.47 Å². The fourth-order valence-corrected chi connectivity index (χ4v) is 12.0. The van der Waals surface area contributed by atoms with E-state index in [1.54, 1.807) is 5.56 Å². The Hall–Kier alpha value is -3.81. The molecule has 0 bridgehead atoms. The Kier molecular flexibility index (Phi) is 6.00. The third-order valence-electron chi connectivity index (χ3n) is 14.0. The van der Waals surface area contributed by atoms with Gasteiger partial charge in [-0.25, -0.2) is 4.79 Å². The minimum Gasteiger partial charge on any atom is -0.496 e. The molecule has 1 aliphatic carbocycles. The van der Waals surface area contributed by atoms with Crippen LogP contribution in [0.1, 0.15) is 80.4 Å². The largest absolute Gasteiger partial charge is 0.496 e. The van der Waals surface area contributed by atoms with Crippen LogP contribution in [-0.2, 0) is 21.4 Å². The van der Waals surface area contributed by atoms with Crippen LogP contribution < -0.4 is 10.1 Å². The second kappa shape index (κ2) is 9.88. The van der Waals surface area contributed by atoms with Crippen molar-refractivity contribution in [2.45, 2.75) is 75.9 Å². The summed E-state index contributed by atoms with van der Waals surface area (Å²) in [4.78, 5) is 19.0. The van der Waals surface area contributed by atoms with Gasteiger partial charge in [-0.05, 0) is 61.8 Å². The molecule has 248 valence electrons. The Morgan fingerprint density at radius 1 is 1.00 bits per heavy atom. The van der Waals surface area contributed by atoms with E-state index in [9.17, 15) is 4.79 Å². The number of anilines is 1. The Morgan fingerprint density at radius 2 is 1.79 bits per heavy atom. The van der Waals surface area contributed by atoms with E-state index in [-0.39, 0.29) is 34.3 Å². The van der Waals surface area contributed by atoms with E-state index in [2.05, 4.69) is 94.2 Å². The number of hydrogen-bond acceptors (Lipinski definition) is 6. The van der Waals surface area contributed by atoms with Crippen molar-refractivity contribution in [2.75, 3.05) is 45.7 Å². The highest BCUT2D eigenvalue weighted by Crippen LogP contribution is 2.66. The highest BCUT2D eigenvalue weighted by Gasteiger charge is 2.66. The Morgan fingerprint density at radius 3 is 2.58 bits per heavy atom. The van der Waals surface area contributed by atoms with Crippen LogP contribution in [0.25, 0.3) is 10.9 Å². The average Bonchev–Trinajstić information content (AvgIpc) is 3.80. The number of carbonyl (C=O) groups excluding carboxylic acids is 1. The van der Waals surface area contributed by atoms with Gasteiger partial charge in [0.05, 0.1) is 37.3 Å². The average molecular weight is 643 g/mol. The first-order valence-corrected chi connectivity index (χ1v) is 18.2. The van der Waals surface area contributed by atoms with E-state index < -0.39 is 0 Å². The molecule has 7 heterocycles. The van der Waals surface area contributed by atoms with Crippen molar-refractivity contribution in [1.82, 2.24) is 14.4 Å². The zero-order valence-electron chi connectivity index (χ0n) is 28.6. The molecule has 6 unspecified atom stereocenters. The van der Waals surface area contributed by atoms with E-state index in [0.717, 1.165) is 81.0 Å². The van der Waals surface area contributed by atoms with Gasteiger partial charge < -0.3 is 19.4 Å². The molecule has 0 saturated carbocycles. The van der Waals surface area contributed by atoms with E-state index in [0.29, 0.717) is 12.5 Å². The second-order valence-corrected chi connectivity index (χ2v) is 15.5. The molecule has 48 heavy (non-hydrogen) atoms. The summed E-state index contributed by atoms with van der Waals surface area (Å²) >= 11 is 0. The predicted octanol–water partition coefficient (Wildman–Crippen LogP) is 7.04. The fraction of sp³-hybridized carbons (Fsp3) is 0.488. The summed E-state index contributed by atoms with van der Waals surface area (Å²) < 4.78 is 14.6. The lowest BCUT2D eigenvalue weighted by Crippen LogP contribution is -2.58. The molecule has 3 aromatic rings. The van der Waals surface area contributed by atoms with Crippen LogP contribution in [0.3, 0.4) is 0 Å². The second-order valence-electron chi connectivity index (χ2n) is 15.5. The minimum atomic E-state index is -0.307. The Labute approximate surface area is 283 Å². The molecule has 1 saturated heterocycles. The first-order valence-electron chi connectivity index (χ1n) is 18.2. The molecule has 6 atom stereocenters. The number of nitrogens with one attached hydrogen (secondary N) is 1. The predicted molar refractivity (Wildman–Crippen MR) is 188 cm³/mol. The number of ether oxygens (including phenoxy) is 2. The summed E-state index contributed by atoms with van der Waals surface area (Å²) in [7, 11) is 3.35. The number of aromatic nitrogens is 1. The number of benzene rings is 2. The zero-order chi connectivity index (χ0) is 32.6. The lowest BCUT2D eigenvalue weighted by molar-refractivity contribution is -0.137. The summed E-state index contributed by atoms with van der Waals surface area (Å²) in [5.74, 6) is 0.716. The summed E-state index contributed by atoms with van der Waals surface area (Å²) in [5.41, 5.74) is 9.56. The summed E-state index contributed by atoms with van der Waals surface area (Å²) in [6.07, 6.45) is 15.6. The topological polar surface area (TPSA) is 59.0 Å². The van der Waals surface area contributed by atoms with Gasteiger partial charge in [-0.2, -0.15) is 0 Å². The number of rotatable bonds is 5. The van der Waals surface area contributed by atoms with Gasteiger partial charge in [-0.15, -0.1) is 0 Å². The molecule has 0 radical (unpaired) electrons. The number of carbonyl (C=O) groups is 1. The number of hydrogen-bond donors (Lipinski definition) is 1. The summed E-state index contributed by atoms with van der Waals surface area (Å²) in [6.45, 7) is 8.80. The van der Waals surface area contributed by atoms with Gasteiger partial charge in [0.1, 0.15) is 5.75 Å². The van der Waals surface area contributed by atoms with Crippen molar-refractivity contribution in [3.8, 4) is 5.75 Å². The maximum atomic E-state index is 13.6. The van der Waals surface area contributed by atoms with Gasteiger partial charge in [-0.1, -0.05) is 56.4 Å². The third kappa shape index (κ3) is 3.35. The Balaban J connectivity index is 1.24. The quantitative estimate of drug-likeness (QED) is 0.238. The normalized spacial score (nSPS) is 34.0. The van der Waals surface area contributed by atoms with Crippen LogP contribution in [-0.4, -0.2) is 66.8 Å². The zero-order valence-corrected chi connectivity index (χ0v) is 28.6. The van der Waals surface area contributed by atoms with Crippen LogP contribution in [0.15, 0.2) is 72.0 Å². The van der Waals surface area contributed by atoms with Crippen molar-refractivity contribution in [2.24, 2.45) is 10.8 Å². The number of methoxy groups -OCH3 is 2. The van der Waals surface area contributed by atoms with Gasteiger partial charge >= 0.3 is 5.97 Å².